The lowest BCUT2D eigenvalue weighted by Crippen LogP contribution is -2.34. The topological polar surface area (TPSA) is 122 Å². The average Bonchev–Trinajstić information content (AvgIpc) is 3.69. The predicted molar refractivity (Wildman–Crippen MR) is 166 cm³/mol. The summed E-state index contributed by atoms with van der Waals surface area (Å²) in [6.45, 7) is 7.27. The largest absolute Gasteiger partial charge is 0.392 e. The molecule has 1 aromatic carbocycles. The Morgan fingerprint density at radius 1 is 1.14 bits per heavy atom. The van der Waals surface area contributed by atoms with Gasteiger partial charge >= 0.3 is 0 Å². The van der Waals surface area contributed by atoms with E-state index in [0.717, 1.165) is 42.6 Å². The van der Waals surface area contributed by atoms with Crippen molar-refractivity contribution in [2.45, 2.75) is 52.1 Å². The lowest BCUT2D eigenvalue weighted by Gasteiger charge is -2.29. The number of hydrogen-bond donors (Lipinski definition) is 2. The standard InChI is InChI=1S/C33H37FN6O4/c1-32(2,3)21-12-19-16-36-40(31(44)27(19)25(34)14-21)28-23(18-41)22(6-9-35-28)20-13-26(30(43)39(5)17-20)37-29(42)24-15-33(24)7-10-38(4)11-8-33/h6,9,12-14,16-17,24,41H,7-8,10-11,15,18H2,1-5H3,(H,37,42). The minimum Gasteiger partial charge on any atom is -0.392 e. The third-order valence-electron chi connectivity index (χ3n) is 9.34. The molecule has 10 nitrogen and oxygen atoms in total. The summed E-state index contributed by atoms with van der Waals surface area (Å²) < 4.78 is 17.7. The van der Waals surface area contributed by atoms with Gasteiger partial charge < -0.3 is 19.9 Å². The zero-order valence-corrected chi connectivity index (χ0v) is 25.6. The fourth-order valence-electron chi connectivity index (χ4n) is 6.41. The summed E-state index contributed by atoms with van der Waals surface area (Å²) >= 11 is 0. The van der Waals surface area contributed by atoms with Gasteiger partial charge in [0.25, 0.3) is 11.1 Å². The lowest BCUT2D eigenvalue weighted by molar-refractivity contribution is -0.118. The Labute approximate surface area is 254 Å². The number of fused-ring (bicyclic) bond motifs is 1. The molecule has 3 aromatic heterocycles. The van der Waals surface area contributed by atoms with Crippen molar-refractivity contribution in [3.05, 3.63) is 80.5 Å². The first-order chi connectivity index (χ1) is 20.8. The third kappa shape index (κ3) is 5.13. The molecule has 2 aliphatic rings. The highest BCUT2D eigenvalue weighted by Crippen LogP contribution is 2.59. The van der Waals surface area contributed by atoms with Crippen molar-refractivity contribution in [1.82, 2.24) is 24.2 Å². The van der Waals surface area contributed by atoms with Crippen LogP contribution in [0.4, 0.5) is 10.1 Å². The summed E-state index contributed by atoms with van der Waals surface area (Å²) in [5.41, 5.74) is 0.745. The number of rotatable bonds is 5. The Bertz CT molecular complexity index is 1920. The molecule has 1 spiro atoms. The van der Waals surface area contributed by atoms with Crippen LogP contribution in [0.3, 0.4) is 0 Å². The van der Waals surface area contributed by atoms with Gasteiger partial charge in [0, 0.05) is 41.9 Å². The molecule has 230 valence electrons. The average molecular weight is 601 g/mol. The molecular formula is C33H37FN6O4. The number of amides is 1. The molecule has 0 bridgehead atoms. The molecule has 2 N–H and O–H groups in total. The molecule has 1 aliphatic carbocycles. The number of piperidine rings is 1. The number of aliphatic hydroxyl groups is 1. The fourth-order valence-corrected chi connectivity index (χ4v) is 6.41. The minimum absolute atomic E-state index is 0.0113. The fraction of sp³-hybridized carbons (Fsp3) is 0.424. The van der Waals surface area contributed by atoms with Crippen molar-refractivity contribution >= 4 is 22.4 Å². The highest BCUT2D eigenvalue weighted by atomic mass is 19.1. The number of aliphatic hydroxyl groups excluding tert-OH is 1. The molecule has 0 radical (unpaired) electrons. The molecule has 4 aromatic rings. The number of aryl methyl sites for hydroxylation is 1. The van der Waals surface area contributed by atoms with Gasteiger partial charge in [0.15, 0.2) is 5.82 Å². The number of anilines is 1. The van der Waals surface area contributed by atoms with Crippen LogP contribution in [0.1, 0.15) is 51.2 Å². The first kappa shape index (κ1) is 29.8. The van der Waals surface area contributed by atoms with Crippen LogP contribution in [-0.2, 0) is 23.9 Å². The number of hydrogen-bond acceptors (Lipinski definition) is 7. The predicted octanol–water partition coefficient (Wildman–Crippen LogP) is 3.75. The number of halogens is 1. The molecule has 2 fully saturated rings. The molecule has 11 heteroatoms. The highest BCUT2D eigenvalue weighted by Gasteiger charge is 2.58. The maximum atomic E-state index is 15.3. The molecule has 1 atom stereocenters. The van der Waals surface area contributed by atoms with Gasteiger partial charge in [-0.3, -0.25) is 14.4 Å². The second kappa shape index (κ2) is 10.7. The van der Waals surface area contributed by atoms with E-state index in [9.17, 15) is 19.5 Å². The molecule has 1 aliphatic heterocycles. The van der Waals surface area contributed by atoms with Crippen LogP contribution in [0.15, 0.2) is 52.4 Å². The SMILES string of the molecule is CN1CCC2(CC1)CC2C(=O)Nc1cc(-c2ccnc(-n3ncc4cc(C(C)(C)C)cc(F)c4c3=O)c2CO)cn(C)c1=O. The quantitative estimate of drug-likeness (QED) is 0.358. The number of nitrogens with zero attached hydrogens (tertiary/aromatic N) is 5. The molecule has 44 heavy (non-hydrogen) atoms. The van der Waals surface area contributed by atoms with Crippen LogP contribution in [-0.4, -0.2) is 55.4 Å². The second-order valence-electron chi connectivity index (χ2n) is 13.3. The summed E-state index contributed by atoms with van der Waals surface area (Å²) in [6, 6.07) is 6.34. The number of aromatic nitrogens is 4. The second-order valence-corrected chi connectivity index (χ2v) is 13.3. The number of nitrogens with one attached hydrogen (secondary N) is 1. The minimum atomic E-state index is -0.708. The highest BCUT2D eigenvalue weighted by molar-refractivity contribution is 5.95. The van der Waals surface area contributed by atoms with Crippen molar-refractivity contribution in [3.8, 4) is 16.9 Å². The number of carbonyl (C=O) groups excluding carboxylic acids is 1. The number of benzene rings is 1. The van der Waals surface area contributed by atoms with E-state index >= 15 is 4.39 Å². The van der Waals surface area contributed by atoms with E-state index in [1.54, 1.807) is 31.4 Å². The van der Waals surface area contributed by atoms with Crippen LogP contribution >= 0.6 is 0 Å². The van der Waals surface area contributed by atoms with Gasteiger partial charge in [-0.2, -0.15) is 9.78 Å². The van der Waals surface area contributed by atoms with Gasteiger partial charge in [0.1, 0.15) is 11.5 Å². The Morgan fingerprint density at radius 3 is 2.55 bits per heavy atom. The first-order valence-corrected chi connectivity index (χ1v) is 14.8. The summed E-state index contributed by atoms with van der Waals surface area (Å²) in [7, 11) is 3.67. The zero-order valence-electron chi connectivity index (χ0n) is 25.6. The van der Waals surface area contributed by atoms with Crippen molar-refractivity contribution in [2.75, 3.05) is 25.5 Å². The first-order valence-electron chi connectivity index (χ1n) is 14.8. The normalized spacial score (nSPS) is 18.1. The van der Waals surface area contributed by atoms with Crippen LogP contribution < -0.4 is 16.4 Å². The zero-order chi connectivity index (χ0) is 31.6. The maximum Gasteiger partial charge on any atom is 0.283 e. The van der Waals surface area contributed by atoms with Crippen LogP contribution in [0.25, 0.3) is 27.7 Å². The molecule has 4 heterocycles. The Hall–Kier alpha value is -4.22. The Kier molecular flexibility index (Phi) is 7.28. The van der Waals surface area contributed by atoms with E-state index in [1.165, 1.54) is 23.0 Å². The van der Waals surface area contributed by atoms with Crippen molar-refractivity contribution < 1.29 is 14.3 Å². The van der Waals surface area contributed by atoms with Gasteiger partial charge in [-0.25, -0.2) is 9.37 Å². The van der Waals surface area contributed by atoms with Gasteiger partial charge in [0.2, 0.25) is 5.91 Å². The number of pyridine rings is 2. The molecule has 1 unspecified atom stereocenters. The molecule has 6 rings (SSSR count). The maximum absolute atomic E-state index is 15.3. The molecule has 1 amide bonds. The molecule has 1 saturated carbocycles. The Morgan fingerprint density at radius 2 is 1.86 bits per heavy atom. The molecular weight excluding hydrogens is 563 g/mol. The van der Waals surface area contributed by atoms with Crippen molar-refractivity contribution in [3.63, 3.8) is 0 Å². The third-order valence-corrected chi connectivity index (χ3v) is 9.34. The van der Waals surface area contributed by atoms with E-state index in [1.807, 2.05) is 20.8 Å². The van der Waals surface area contributed by atoms with Gasteiger partial charge in [0.05, 0.1) is 18.2 Å². The lowest BCUT2D eigenvalue weighted by atomic mass is 9.86. The summed E-state index contributed by atoms with van der Waals surface area (Å²) in [4.78, 5) is 46.5. The van der Waals surface area contributed by atoms with Gasteiger partial charge in [-0.05, 0) is 85.6 Å². The van der Waals surface area contributed by atoms with E-state index in [4.69, 9.17) is 0 Å². The monoisotopic (exact) mass is 600 g/mol. The van der Waals surface area contributed by atoms with Crippen molar-refractivity contribution in [2.24, 2.45) is 18.4 Å². The van der Waals surface area contributed by atoms with E-state index in [-0.39, 0.29) is 50.7 Å². The van der Waals surface area contributed by atoms with Gasteiger partial charge in [-0.1, -0.05) is 20.8 Å². The summed E-state index contributed by atoms with van der Waals surface area (Å²) in [5.74, 6) is -0.912. The van der Waals surface area contributed by atoms with E-state index in [0.29, 0.717) is 16.5 Å². The summed E-state index contributed by atoms with van der Waals surface area (Å²) in [6.07, 6.45) is 7.21. The van der Waals surface area contributed by atoms with E-state index in [2.05, 4.69) is 27.3 Å². The van der Waals surface area contributed by atoms with Crippen LogP contribution in [0, 0.1) is 17.2 Å². The summed E-state index contributed by atoms with van der Waals surface area (Å²) in [5, 5.41) is 17.9. The number of carbonyl (C=O) groups is 1. The van der Waals surface area contributed by atoms with Gasteiger partial charge in [-0.15, -0.1) is 0 Å². The smallest absolute Gasteiger partial charge is 0.283 e. The van der Waals surface area contributed by atoms with Crippen LogP contribution in [0.5, 0.6) is 0 Å². The Balaban J connectivity index is 1.37. The van der Waals surface area contributed by atoms with Crippen LogP contribution in [0.2, 0.25) is 0 Å². The molecule has 1 saturated heterocycles. The van der Waals surface area contributed by atoms with E-state index < -0.39 is 18.0 Å². The van der Waals surface area contributed by atoms with Crippen molar-refractivity contribution in [1.29, 1.82) is 0 Å². The number of likely N-dealkylation sites (tertiary alicyclic amines) is 1.